The molecule has 0 aliphatic heterocycles. The van der Waals surface area contributed by atoms with E-state index in [2.05, 4.69) is 5.10 Å². The van der Waals surface area contributed by atoms with Crippen molar-refractivity contribution in [3.8, 4) is 17.3 Å². The summed E-state index contributed by atoms with van der Waals surface area (Å²) >= 11 is 0. The Bertz CT molecular complexity index is 789. The fourth-order valence-electron chi connectivity index (χ4n) is 2.16. The van der Waals surface area contributed by atoms with Gasteiger partial charge in [-0.15, -0.1) is 0 Å². The SMILES string of the molecule is N#Cc1c(-c2ccc([N+](=O)[O-])c(F)c2)nn(C2CC2)c1N. The number of nitro benzene ring substituents is 1. The molecule has 1 fully saturated rings. The number of halogens is 1. The van der Waals surface area contributed by atoms with Gasteiger partial charge in [0.25, 0.3) is 0 Å². The highest BCUT2D eigenvalue weighted by atomic mass is 19.1. The molecule has 1 aromatic heterocycles. The minimum atomic E-state index is -0.971. The number of hydrogen-bond donors (Lipinski definition) is 1. The first kappa shape index (κ1) is 13.1. The zero-order valence-electron chi connectivity index (χ0n) is 10.8. The lowest BCUT2D eigenvalue weighted by atomic mass is 10.1. The van der Waals surface area contributed by atoms with Gasteiger partial charge in [-0.2, -0.15) is 14.8 Å². The van der Waals surface area contributed by atoms with Crippen molar-refractivity contribution < 1.29 is 9.31 Å². The smallest absolute Gasteiger partial charge is 0.304 e. The number of anilines is 1. The second-order valence-corrected chi connectivity index (χ2v) is 4.82. The van der Waals surface area contributed by atoms with Crippen LogP contribution in [-0.2, 0) is 0 Å². The van der Waals surface area contributed by atoms with E-state index < -0.39 is 16.4 Å². The van der Waals surface area contributed by atoms with Crippen molar-refractivity contribution in [2.24, 2.45) is 0 Å². The summed E-state index contributed by atoms with van der Waals surface area (Å²) in [6, 6.07) is 5.55. The Labute approximate surface area is 118 Å². The summed E-state index contributed by atoms with van der Waals surface area (Å²) in [5.41, 5.74) is 5.97. The van der Waals surface area contributed by atoms with Gasteiger partial charge in [-0.05, 0) is 25.0 Å². The predicted molar refractivity (Wildman–Crippen MR) is 71.7 cm³/mol. The fourth-order valence-corrected chi connectivity index (χ4v) is 2.16. The number of benzene rings is 1. The maximum absolute atomic E-state index is 13.7. The minimum Gasteiger partial charge on any atom is -0.383 e. The number of nitrogen functional groups attached to an aromatic ring is 1. The van der Waals surface area contributed by atoms with Crippen molar-refractivity contribution in [2.45, 2.75) is 18.9 Å². The average molecular weight is 287 g/mol. The van der Waals surface area contributed by atoms with Crippen LogP contribution in [0.25, 0.3) is 11.3 Å². The van der Waals surface area contributed by atoms with Crippen molar-refractivity contribution in [3.05, 3.63) is 39.7 Å². The Morgan fingerprint density at radius 2 is 2.24 bits per heavy atom. The van der Waals surface area contributed by atoms with Crippen LogP contribution in [0.1, 0.15) is 24.4 Å². The fraction of sp³-hybridized carbons (Fsp3) is 0.231. The van der Waals surface area contributed by atoms with Gasteiger partial charge >= 0.3 is 5.69 Å². The van der Waals surface area contributed by atoms with Gasteiger partial charge in [0, 0.05) is 11.6 Å². The monoisotopic (exact) mass is 287 g/mol. The molecule has 3 rings (SSSR count). The largest absolute Gasteiger partial charge is 0.383 e. The molecule has 1 aromatic carbocycles. The third-order valence-electron chi connectivity index (χ3n) is 3.37. The number of rotatable bonds is 3. The van der Waals surface area contributed by atoms with Crippen LogP contribution in [0.2, 0.25) is 0 Å². The quantitative estimate of drug-likeness (QED) is 0.688. The molecular formula is C13H10FN5O2. The first-order chi connectivity index (χ1) is 10.0. The summed E-state index contributed by atoms with van der Waals surface area (Å²) in [5.74, 6) is -0.727. The highest BCUT2D eigenvalue weighted by Gasteiger charge is 2.30. The van der Waals surface area contributed by atoms with Gasteiger partial charge in [-0.3, -0.25) is 10.1 Å². The Morgan fingerprint density at radius 3 is 2.76 bits per heavy atom. The molecule has 7 nitrogen and oxygen atoms in total. The van der Waals surface area contributed by atoms with E-state index in [1.807, 2.05) is 6.07 Å². The number of nitrogens with two attached hydrogens (primary N) is 1. The Hall–Kier alpha value is -2.95. The third kappa shape index (κ3) is 2.08. The summed E-state index contributed by atoms with van der Waals surface area (Å²) in [5, 5.41) is 24.1. The van der Waals surface area contributed by atoms with Gasteiger partial charge in [-0.1, -0.05) is 0 Å². The molecule has 1 heterocycles. The van der Waals surface area contributed by atoms with Gasteiger partial charge in [0.2, 0.25) is 5.82 Å². The summed E-state index contributed by atoms with van der Waals surface area (Å²) in [7, 11) is 0. The van der Waals surface area contributed by atoms with Crippen LogP contribution in [0, 0.1) is 27.3 Å². The van der Waals surface area contributed by atoms with E-state index in [9.17, 15) is 19.8 Å². The minimum absolute atomic E-state index is 0.162. The molecule has 2 N–H and O–H groups in total. The van der Waals surface area contributed by atoms with Gasteiger partial charge < -0.3 is 5.73 Å². The van der Waals surface area contributed by atoms with E-state index in [0.717, 1.165) is 25.0 Å². The summed E-state index contributed by atoms with van der Waals surface area (Å²) < 4.78 is 15.3. The Balaban J connectivity index is 2.12. The maximum Gasteiger partial charge on any atom is 0.304 e. The molecule has 0 spiro atoms. The lowest BCUT2D eigenvalue weighted by Gasteiger charge is -1.99. The van der Waals surface area contributed by atoms with E-state index in [4.69, 9.17) is 5.73 Å². The topological polar surface area (TPSA) is 111 Å². The van der Waals surface area contributed by atoms with E-state index >= 15 is 0 Å². The molecular weight excluding hydrogens is 277 g/mol. The highest BCUT2D eigenvalue weighted by molar-refractivity contribution is 5.73. The number of aromatic nitrogens is 2. The second-order valence-electron chi connectivity index (χ2n) is 4.82. The van der Waals surface area contributed by atoms with E-state index in [1.54, 1.807) is 4.68 Å². The number of hydrogen-bond acceptors (Lipinski definition) is 5. The van der Waals surface area contributed by atoms with Crippen molar-refractivity contribution >= 4 is 11.5 Å². The van der Waals surface area contributed by atoms with Gasteiger partial charge in [0.1, 0.15) is 23.1 Å². The number of nitrogens with zero attached hydrogens (tertiary/aromatic N) is 4. The Kier molecular flexibility index (Phi) is 2.83. The van der Waals surface area contributed by atoms with Crippen molar-refractivity contribution in [3.63, 3.8) is 0 Å². The van der Waals surface area contributed by atoms with Crippen LogP contribution in [0.3, 0.4) is 0 Å². The molecule has 0 unspecified atom stereocenters. The first-order valence-electron chi connectivity index (χ1n) is 6.25. The zero-order valence-corrected chi connectivity index (χ0v) is 10.8. The van der Waals surface area contributed by atoms with E-state index in [1.165, 1.54) is 6.07 Å². The van der Waals surface area contributed by atoms with Crippen LogP contribution in [0.4, 0.5) is 15.9 Å². The van der Waals surface area contributed by atoms with Gasteiger partial charge in [0.15, 0.2) is 0 Å². The van der Waals surface area contributed by atoms with Crippen LogP contribution < -0.4 is 5.73 Å². The molecule has 0 saturated heterocycles. The first-order valence-corrected chi connectivity index (χ1v) is 6.25. The van der Waals surface area contributed by atoms with Crippen LogP contribution in [0.5, 0.6) is 0 Å². The highest BCUT2D eigenvalue weighted by Crippen LogP contribution is 2.39. The maximum atomic E-state index is 13.7. The van der Waals surface area contributed by atoms with Crippen LogP contribution >= 0.6 is 0 Å². The lowest BCUT2D eigenvalue weighted by Crippen LogP contribution is -2.02. The normalized spacial score (nSPS) is 13.9. The molecule has 21 heavy (non-hydrogen) atoms. The standard InChI is InChI=1S/C13H10FN5O2/c14-10-5-7(1-4-11(10)19(20)21)12-9(6-15)13(16)18(17-12)8-2-3-8/h1,4-5,8H,2-3,16H2. The molecule has 2 aromatic rings. The lowest BCUT2D eigenvalue weighted by molar-refractivity contribution is -0.387. The summed E-state index contributed by atoms with van der Waals surface area (Å²) in [4.78, 5) is 9.82. The van der Waals surface area contributed by atoms with Gasteiger partial charge in [-0.25, -0.2) is 4.68 Å². The average Bonchev–Trinajstić information content (AvgIpc) is 3.22. The summed E-state index contributed by atoms with van der Waals surface area (Å²) in [6.07, 6.45) is 1.87. The zero-order chi connectivity index (χ0) is 15.1. The third-order valence-corrected chi connectivity index (χ3v) is 3.37. The number of nitriles is 1. The van der Waals surface area contributed by atoms with Crippen molar-refractivity contribution in [2.75, 3.05) is 5.73 Å². The molecule has 1 aliphatic carbocycles. The molecule has 0 radical (unpaired) electrons. The molecule has 1 saturated carbocycles. The van der Waals surface area contributed by atoms with E-state index in [0.29, 0.717) is 5.56 Å². The summed E-state index contributed by atoms with van der Waals surface area (Å²) in [6.45, 7) is 0. The molecule has 106 valence electrons. The van der Waals surface area contributed by atoms with E-state index in [-0.39, 0.29) is 23.1 Å². The second kappa shape index (κ2) is 4.56. The molecule has 0 bridgehead atoms. The molecule has 1 aliphatic rings. The molecule has 0 amide bonds. The van der Waals surface area contributed by atoms with Crippen LogP contribution in [-0.4, -0.2) is 14.7 Å². The predicted octanol–water partition coefficient (Wildman–Crippen LogP) is 2.39. The van der Waals surface area contributed by atoms with Crippen molar-refractivity contribution in [1.82, 2.24) is 9.78 Å². The van der Waals surface area contributed by atoms with Crippen molar-refractivity contribution in [1.29, 1.82) is 5.26 Å². The molecule has 8 heteroatoms. The number of nitro groups is 1. The van der Waals surface area contributed by atoms with Crippen LogP contribution in [0.15, 0.2) is 18.2 Å². The Morgan fingerprint density at radius 1 is 1.52 bits per heavy atom. The molecule has 0 atom stereocenters. The van der Waals surface area contributed by atoms with Gasteiger partial charge in [0.05, 0.1) is 11.0 Å².